The zero-order chi connectivity index (χ0) is 11.9. The van der Waals surface area contributed by atoms with Gasteiger partial charge < -0.3 is 10.1 Å². The van der Waals surface area contributed by atoms with Crippen molar-refractivity contribution in [2.75, 3.05) is 25.1 Å². The standard InChI is InChI=1S/C14H18N2O/c15-10-12-4-6-14(7-5-12)16-8-1-9-17-11-13-2-3-13/h4-7,13,16H,1-3,8-9,11H2. The Kier molecular flexibility index (Phi) is 4.40. The van der Waals surface area contributed by atoms with Gasteiger partial charge in [0.15, 0.2) is 0 Å². The van der Waals surface area contributed by atoms with Crippen LogP contribution in [0.1, 0.15) is 24.8 Å². The summed E-state index contributed by atoms with van der Waals surface area (Å²) in [5, 5.41) is 12.0. The molecule has 0 unspecified atom stereocenters. The van der Waals surface area contributed by atoms with E-state index in [1.165, 1.54) is 12.8 Å². The maximum absolute atomic E-state index is 8.66. The van der Waals surface area contributed by atoms with Crippen molar-refractivity contribution in [2.45, 2.75) is 19.3 Å². The molecule has 2 rings (SSSR count). The lowest BCUT2D eigenvalue weighted by Crippen LogP contribution is -2.06. The largest absolute Gasteiger partial charge is 0.385 e. The van der Waals surface area contributed by atoms with E-state index < -0.39 is 0 Å². The number of hydrogen-bond acceptors (Lipinski definition) is 3. The van der Waals surface area contributed by atoms with Crippen LogP contribution in [0.15, 0.2) is 24.3 Å². The molecular formula is C14H18N2O. The monoisotopic (exact) mass is 230 g/mol. The van der Waals surface area contributed by atoms with Gasteiger partial charge in [-0.2, -0.15) is 5.26 Å². The highest BCUT2D eigenvalue weighted by Crippen LogP contribution is 2.28. The van der Waals surface area contributed by atoms with Crippen LogP contribution in [0.3, 0.4) is 0 Å². The van der Waals surface area contributed by atoms with Crippen LogP contribution in [-0.4, -0.2) is 19.8 Å². The molecule has 1 N–H and O–H groups in total. The Balaban J connectivity index is 1.55. The lowest BCUT2D eigenvalue weighted by Gasteiger charge is -2.06. The van der Waals surface area contributed by atoms with Gasteiger partial charge >= 0.3 is 0 Å². The predicted molar refractivity (Wildman–Crippen MR) is 67.8 cm³/mol. The van der Waals surface area contributed by atoms with Crippen LogP contribution in [-0.2, 0) is 4.74 Å². The highest BCUT2D eigenvalue weighted by Gasteiger charge is 2.20. The minimum atomic E-state index is 0.698. The molecule has 1 aromatic carbocycles. The average molecular weight is 230 g/mol. The fourth-order valence-corrected chi connectivity index (χ4v) is 1.60. The zero-order valence-electron chi connectivity index (χ0n) is 9.98. The van der Waals surface area contributed by atoms with Crippen molar-refractivity contribution in [3.63, 3.8) is 0 Å². The molecule has 0 aliphatic heterocycles. The second-order valence-electron chi connectivity index (χ2n) is 4.49. The van der Waals surface area contributed by atoms with Gasteiger partial charge in [0.25, 0.3) is 0 Å². The van der Waals surface area contributed by atoms with E-state index in [1.807, 2.05) is 24.3 Å². The van der Waals surface area contributed by atoms with Crippen molar-refractivity contribution >= 4 is 5.69 Å². The normalized spacial score (nSPS) is 14.3. The number of hydrogen-bond donors (Lipinski definition) is 1. The van der Waals surface area contributed by atoms with Crippen molar-refractivity contribution in [2.24, 2.45) is 5.92 Å². The third kappa shape index (κ3) is 4.46. The number of nitriles is 1. The number of nitrogens with one attached hydrogen (secondary N) is 1. The van der Waals surface area contributed by atoms with E-state index in [0.29, 0.717) is 5.56 Å². The summed E-state index contributed by atoms with van der Waals surface area (Å²) >= 11 is 0. The van der Waals surface area contributed by atoms with Crippen molar-refractivity contribution < 1.29 is 4.74 Å². The van der Waals surface area contributed by atoms with Crippen molar-refractivity contribution in [3.05, 3.63) is 29.8 Å². The average Bonchev–Trinajstić information content (AvgIpc) is 3.18. The van der Waals surface area contributed by atoms with E-state index in [9.17, 15) is 0 Å². The summed E-state index contributed by atoms with van der Waals surface area (Å²) in [5.41, 5.74) is 1.76. The summed E-state index contributed by atoms with van der Waals surface area (Å²) in [7, 11) is 0. The molecule has 17 heavy (non-hydrogen) atoms. The summed E-state index contributed by atoms with van der Waals surface area (Å²) in [5.74, 6) is 0.849. The summed E-state index contributed by atoms with van der Waals surface area (Å²) in [6, 6.07) is 9.63. The number of benzene rings is 1. The quantitative estimate of drug-likeness (QED) is 0.732. The number of rotatable bonds is 7. The first kappa shape index (κ1) is 11.9. The van der Waals surface area contributed by atoms with Crippen LogP contribution in [0.5, 0.6) is 0 Å². The molecule has 0 amide bonds. The van der Waals surface area contributed by atoms with E-state index in [-0.39, 0.29) is 0 Å². The van der Waals surface area contributed by atoms with Gasteiger partial charge in [-0.15, -0.1) is 0 Å². The number of ether oxygens (including phenoxy) is 1. The third-order valence-corrected chi connectivity index (χ3v) is 2.86. The van der Waals surface area contributed by atoms with Crippen molar-refractivity contribution in [1.82, 2.24) is 0 Å². The van der Waals surface area contributed by atoms with Crippen LogP contribution >= 0.6 is 0 Å². The van der Waals surface area contributed by atoms with E-state index in [4.69, 9.17) is 10.00 Å². The molecule has 1 fully saturated rings. The van der Waals surface area contributed by atoms with Gasteiger partial charge in [-0.3, -0.25) is 0 Å². The third-order valence-electron chi connectivity index (χ3n) is 2.86. The van der Waals surface area contributed by atoms with Crippen LogP contribution in [0, 0.1) is 17.2 Å². The molecule has 1 aromatic rings. The summed E-state index contributed by atoms with van der Waals surface area (Å²) in [6.07, 6.45) is 3.72. The molecule has 0 saturated heterocycles. The first-order valence-corrected chi connectivity index (χ1v) is 6.20. The second-order valence-corrected chi connectivity index (χ2v) is 4.49. The zero-order valence-corrected chi connectivity index (χ0v) is 9.98. The molecule has 1 aliphatic rings. The van der Waals surface area contributed by atoms with Gasteiger partial charge in [-0.05, 0) is 49.4 Å². The SMILES string of the molecule is N#Cc1ccc(NCCCOCC2CC2)cc1. The van der Waals surface area contributed by atoms with E-state index in [2.05, 4.69) is 11.4 Å². The molecule has 3 heteroatoms. The first-order valence-electron chi connectivity index (χ1n) is 6.20. The minimum Gasteiger partial charge on any atom is -0.385 e. The molecule has 1 saturated carbocycles. The molecule has 0 atom stereocenters. The van der Waals surface area contributed by atoms with Gasteiger partial charge in [-0.25, -0.2) is 0 Å². The van der Waals surface area contributed by atoms with Crippen LogP contribution in [0.4, 0.5) is 5.69 Å². The summed E-state index contributed by atoms with van der Waals surface area (Å²) < 4.78 is 5.55. The van der Waals surface area contributed by atoms with Crippen LogP contribution in [0.2, 0.25) is 0 Å². The maximum atomic E-state index is 8.66. The van der Waals surface area contributed by atoms with E-state index in [0.717, 1.165) is 37.8 Å². The van der Waals surface area contributed by atoms with Crippen LogP contribution < -0.4 is 5.32 Å². The summed E-state index contributed by atoms with van der Waals surface area (Å²) in [6.45, 7) is 2.69. The topological polar surface area (TPSA) is 45.0 Å². The molecule has 0 spiro atoms. The van der Waals surface area contributed by atoms with E-state index >= 15 is 0 Å². The van der Waals surface area contributed by atoms with E-state index in [1.54, 1.807) is 0 Å². The Bertz CT molecular complexity index is 376. The molecule has 0 bridgehead atoms. The molecule has 0 heterocycles. The Morgan fingerprint density at radius 3 is 2.71 bits per heavy atom. The fourth-order valence-electron chi connectivity index (χ4n) is 1.60. The molecule has 3 nitrogen and oxygen atoms in total. The van der Waals surface area contributed by atoms with Gasteiger partial charge in [0, 0.05) is 25.4 Å². The molecular weight excluding hydrogens is 212 g/mol. The van der Waals surface area contributed by atoms with Crippen LogP contribution in [0.25, 0.3) is 0 Å². The lowest BCUT2D eigenvalue weighted by molar-refractivity contribution is 0.124. The maximum Gasteiger partial charge on any atom is 0.0991 e. The number of anilines is 1. The Morgan fingerprint density at radius 1 is 1.29 bits per heavy atom. The predicted octanol–water partition coefficient (Wildman–Crippen LogP) is 2.79. The molecule has 90 valence electrons. The highest BCUT2D eigenvalue weighted by atomic mass is 16.5. The Hall–Kier alpha value is -1.53. The number of nitrogens with zero attached hydrogens (tertiary/aromatic N) is 1. The van der Waals surface area contributed by atoms with Gasteiger partial charge in [0.05, 0.1) is 11.6 Å². The molecule has 0 radical (unpaired) electrons. The fraction of sp³-hybridized carbons (Fsp3) is 0.500. The lowest BCUT2D eigenvalue weighted by atomic mass is 10.2. The molecule has 0 aromatic heterocycles. The summed E-state index contributed by atoms with van der Waals surface area (Å²) in [4.78, 5) is 0. The van der Waals surface area contributed by atoms with Crippen molar-refractivity contribution in [1.29, 1.82) is 5.26 Å². The molecule has 1 aliphatic carbocycles. The minimum absolute atomic E-state index is 0.698. The van der Waals surface area contributed by atoms with Crippen molar-refractivity contribution in [3.8, 4) is 6.07 Å². The van der Waals surface area contributed by atoms with Gasteiger partial charge in [0.1, 0.15) is 0 Å². The Morgan fingerprint density at radius 2 is 2.06 bits per heavy atom. The highest BCUT2D eigenvalue weighted by molar-refractivity contribution is 5.46. The van der Waals surface area contributed by atoms with Gasteiger partial charge in [0.2, 0.25) is 0 Å². The Labute approximate surface area is 102 Å². The second kappa shape index (κ2) is 6.27. The smallest absolute Gasteiger partial charge is 0.0991 e. The first-order chi connectivity index (χ1) is 8.38. The van der Waals surface area contributed by atoms with Gasteiger partial charge in [-0.1, -0.05) is 0 Å².